The van der Waals surface area contributed by atoms with Gasteiger partial charge in [0.25, 0.3) is 5.91 Å². The summed E-state index contributed by atoms with van der Waals surface area (Å²) in [6.07, 6.45) is 0. The molecule has 0 saturated heterocycles. The Kier molecular flexibility index (Phi) is 6.75. The summed E-state index contributed by atoms with van der Waals surface area (Å²) in [7, 11) is 0. The van der Waals surface area contributed by atoms with E-state index in [1.54, 1.807) is 0 Å². The highest BCUT2D eigenvalue weighted by atomic mass is 32.2. The molecule has 0 radical (unpaired) electrons. The number of primary amides is 1. The summed E-state index contributed by atoms with van der Waals surface area (Å²) in [5.74, 6) is -1.99. The van der Waals surface area contributed by atoms with Gasteiger partial charge >= 0.3 is 11.0 Å². The molecule has 1 amide bonds. The Bertz CT molecular complexity index is 1220. The van der Waals surface area contributed by atoms with Crippen LogP contribution in [0.25, 0.3) is 22.4 Å². The number of benzene rings is 2. The Morgan fingerprint density at radius 1 is 0.758 bits per heavy atom. The molecule has 0 unspecified atom stereocenters. The number of aromatic hydroxyl groups is 2. The molecular formula is C20H12F6N2O3S2. The number of nitrogens with two attached hydrogens (primary N) is 1. The molecule has 2 aromatic carbocycles. The number of rotatable bonds is 5. The number of carbonyl (C=O) groups excluding carboxylic acids is 1. The van der Waals surface area contributed by atoms with Gasteiger partial charge in [-0.05, 0) is 72.1 Å². The molecule has 0 fully saturated rings. The molecule has 0 aliphatic carbocycles. The highest BCUT2D eigenvalue weighted by molar-refractivity contribution is 8.00. The van der Waals surface area contributed by atoms with Crippen LogP contribution in [0.2, 0.25) is 0 Å². The van der Waals surface area contributed by atoms with E-state index in [9.17, 15) is 41.4 Å². The van der Waals surface area contributed by atoms with Crippen LogP contribution < -0.4 is 5.73 Å². The summed E-state index contributed by atoms with van der Waals surface area (Å²) in [6, 6.07) is 8.54. The third kappa shape index (κ3) is 6.26. The van der Waals surface area contributed by atoms with Crippen LogP contribution in [0.4, 0.5) is 26.3 Å². The largest absolute Gasteiger partial charge is 0.507 e. The third-order valence-corrected chi connectivity index (χ3v) is 5.54. The molecule has 1 heterocycles. The first-order valence-corrected chi connectivity index (χ1v) is 10.4. The molecule has 0 atom stereocenters. The smallest absolute Gasteiger partial charge is 0.446 e. The molecule has 174 valence electrons. The first-order chi connectivity index (χ1) is 15.2. The number of hydrogen-bond acceptors (Lipinski definition) is 6. The standard InChI is InChI=1S/C20H12F6N2O3S2/c21-19(22,23)32-9-1-5-15(29)12(7-9)11-3-4-14(28-17(11)18(27)31)13-8-10(2-6-16(13)30)33-20(24,25)26/h1-8,29-30H,(H2,27,31). The zero-order valence-corrected chi connectivity index (χ0v) is 17.7. The fraction of sp³-hybridized carbons (Fsp3) is 0.100. The molecule has 0 aliphatic heterocycles. The molecule has 33 heavy (non-hydrogen) atoms. The van der Waals surface area contributed by atoms with E-state index in [-0.39, 0.29) is 32.2 Å². The minimum absolute atomic E-state index is 0.103. The van der Waals surface area contributed by atoms with Crippen molar-refractivity contribution in [2.45, 2.75) is 20.8 Å². The van der Waals surface area contributed by atoms with Crippen molar-refractivity contribution in [2.75, 3.05) is 0 Å². The Labute approximate surface area is 190 Å². The summed E-state index contributed by atoms with van der Waals surface area (Å²) in [5, 5.41) is 20.2. The first kappa shape index (κ1) is 24.6. The molecule has 1 aromatic heterocycles. The maximum absolute atomic E-state index is 12.7. The molecule has 3 rings (SSSR count). The normalized spacial score (nSPS) is 12.1. The lowest BCUT2D eigenvalue weighted by Gasteiger charge is -2.14. The van der Waals surface area contributed by atoms with E-state index >= 15 is 0 Å². The number of carbonyl (C=O) groups is 1. The Hall–Kier alpha value is -3.06. The van der Waals surface area contributed by atoms with Crippen molar-refractivity contribution in [3.8, 4) is 33.9 Å². The Balaban J connectivity index is 2.11. The van der Waals surface area contributed by atoms with Gasteiger partial charge in [-0.15, -0.1) is 0 Å². The lowest BCUT2D eigenvalue weighted by Crippen LogP contribution is -2.15. The van der Waals surface area contributed by atoms with Crippen LogP contribution in [0.3, 0.4) is 0 Å². The van der Waals surface area contributed by atoms with E-state index in [2.05, 4.69) is 4.98 Å². The van der Waals surface area contributed by atoms with E-state index in [0.717, 1.165) is 36.4 Å². The minimum Gasteiger partial charge on any atom is -0.507 e. The van der Waals surface area contributed by atoms with E-state index in [1.807, 2.05) is 0 Å². The summed E-state index contributed by atoms with van der Waals surface area (Å²) in [6.45, 7) is 0. The van der Waals surface area contributed by atoms with E-state index in [0.29, 0.717) is 0 Å². The number of aromatic nitrogens is 1. The van der Waals surface area contributed by atoms with Crippen LogP contribution in [0.15, 0.2) is 58.3 Å². The maximum Gasteiger partial charge on any atom is 0.446 e. The van der Waals surface area contributed by atoms with Crippen LogP contribution in [0.1, 0.15) is 10.5 Å². The lowest BCUT2D eigenvalue weighted by atomic mass is 10.0. The topological polar surface area (TPSA) is 96.4 Å². The Morgan fingerprint density at radius 3 is 1.73 bits per heavy atom. The van der Waals surface area contributed by atoms with Gasteiger partial charge in [0.1, 0.15) is 17.2 Å². The second-order valence-electron chi connectivity index (χ2n) is 6.41. The van der Waals surface area contributed by atoms with Gasteiger partial charge in [0.05, 0.1) is 5.69 Å². The molecule has 3 aromatic rings. The molecule has 13 heteroatoms. The zero-order chi connectivity index (χ0) is 24.6. The van der Waals surface area contributed by atoms with E-state index < -0.39 is 57.6 Å². The van der Waals surface area contributed by atoms with Gasteiger partial charge in [-0.3, -0.25) is 4.79 Å². The fourth-order valence-electron chi connectivity index (χ4n) is 2.86. The lowest BCUT2D eigenvalue weighted by molar-refractivity contribution is -0.0337. The summed E-state index contributed by atoms with van der Waals surface area (Å²) < 4.78 is 76.2. The number of phenols is 2. The van der Waals surface area contributed by atoms with E-state index in [4.69, 9.17) is 5.73 Å². The Morgan fingerprint density at radius 2 is 1.24 bits per heavy atom. The number of hydrogen-bond donors (Lipinski definition) is 3. The van der Waals surface area contributed by atoms with Crippen molar-refractivity contribution in [2.24, 2.45) is 5.73 Å². The highest BCUT2D eigenvalue weighted by Gasteiger charge is 2.31. The molecule has 4 N–H and O–H groups in total. The molecule has 0 saturated carbocycles. The average Bonchev–Trinajstić information content (AvgIpc) is 2.68. The van der Waals surface area contributed by atoms with Gasteiger partial charge in [-0.25, -0.2) is 4.98 Å². The third-order valence-electron chi connectivity index (χ3n) is 4.10. The van der Waals surface area contributed by atoms with Crippen molar-refractivity contribution in [3.05, 3.63) is 54.2 Å². The average molecular weight is 506 g/mol. The highest BCUT2D eigenvalue weighted by Crippen LogP contribution is 2.43. The predicted octanol–water partition coefficient (Wildman–Crippen LogP) is 6.15. The van der Waals surface area contributed by atoms with Crippen LogP contribution >= 0.6 is 23.5 Å². The van der Waals surface area contributed by atoms with Crippen molar-refractivity contribution < 1.29 is 41.4 Å². The van der Waals surface area contributed by atoms with Gasteiger partial charge in [-0.1, -0.05) is 0 Å². The molecule has 0 aliphatic rings. The van der Waals surface area contributed by atoms with Gasteiger partial charge < -0.3 is 15.9 Å². The number of phenolic OH excluding ortho intramolecular Hbond substituents is 2. The van der Waals surface area contributed by atoms with Crippen molar-refractivity contribution in [1.82, 2.24) is 4.98 Å². The van der Waals surface area contributed by atoms with Crippen LogP contribution in [-0.4, -0.2) is 32.1 Å². The number of pyridine rings is 1. The van der Waals surface area contributed by atoms with Gasteiger partial charge in [-0.2, -0.15) is 26.3 Å². The quantitative estimate of drug-likeness (QED) is 0.284. The second-order valence-corrected chi connectivity index (χ2v) is 8.69. The number of amides is 1. The van der Waals surface area contributed by atoms with Gasteiger partial charge in [0, 0.05) is 26.5 Å². The van der Waals surface area contributed by atoms with Crippen LogP contribution in [-0.2, 0) is 0 Å². The van der Waals surface area contributed by atoms with Gasteiger partial charge in [0.2, 0.25) is 0 Å². The van der Waals surface area contributed by atoms with Gasteiger partial charge in [0.15, 0.2) is 0 Å². The van der Waals surface area contributed by atoms with Crippen LogP contribution in [0, 0.1) is 0 Å². The van der Waals surface area contributed by atoms with Crippen LogP contribution in [0.5, 0.6) is 11.5 Å². The fourth-order valence-corrected chi connectivity index (χ4v) is 4.02. The van der Waals surface area contributed by atoms with Crippen molar-refractivity contribution in [3.63, 3.8) is 0 Å². The number of alkyl halides is 6. The minimum atomic E-state index is -4.60. The summed E-state index contributed by atoms with van der Waals surface area (Å²) >= 11 is -0.855. The monoisotopic (exact) mass is 506 g/mol. The number of thioether (sulfide) groups is 2. The maximum atomic E-state index is 12.7. The van der Waals surface area contributed by atoms with Crippen molar-refractivity contribution in [1.29, 1.82) is 0 Å². The predicted molar refractivity (Wildman–Crippen MR) is 111 cm³/mol. The molecule has 0 bridgehead atoms. The zero-order valence-electron chi connectivity index (χ0n) is 16.0. The summed E-state index contributed by atoms with van der Waals surface area (Å²) in [4.78, 5) is 15.5. The molecular weight excluding hydrogens is 494 g/mol. The van der Waals surface area contributed by atoms with Crippen molar-refractivity contribution >= 4 is 29.4 Å². The number of halogens is 6. The summed E-state index contributed by atoms with van der Waals surface area (Å²) in [5.41, 5.74) is -4.81. The molecule has 0 spiro atoms. The number of nitrogens with zero attached hydrogens (tertiary/aromatic N) is 1. The first-order valence-electron chi connectivity index (χ1n) is 8.72. The SMILES string of the molecule is NC(=O)c1nc(-c2cc(SC(F)(F)F)ccc2O)ccc1-c1cc(SC(F)(F)F)ccc1O. The second kappa shape index (κ2) is 9.06. The van der Waals surface area contributed by atoms with E-state index in [1.165, 1.54) is 12.1 Å². The molecule has 5 nitrogen and oxygen atoms in total.